The molecule has 2 N–H and O–H groups in total. The molecule has 25 heavy (non-hydrogen) atoms. The van der Waals surface area contributed by atoms with Crippen LogP contribution < -0.4 is 10.6 Å². The zero-order valence-electron chi connectivity index (χ0n) is 14.0. The van der Waals surface area contributed by atoms with Gasteiger partial charge < -0.3 is 24.8 Å². The number of anilines is 1. The second-order valence-corrected chi connectivity index (χ2v) is 5.19. The number of hydrogen-bond acceptors (Lipinski definition) is 7. The first-order valence-corrected chi connectivity index (χ1v) is 7.81. The first-order valence-electron chi connectivity index (χ1n) is 7.40. The number of benzene rings is 1. The van der Waals surface area contributed by atoms with Crippen LogP contribution in [0.1, 0.15) is 23.2 Å². The number of ether oxygens (including phenoxy) is 3. The highest BCUT2D eigenvalue weighted by atomic mass is 32.1. The molecule has 0 aromatic heterocycles. The van der Waals surface area contributed by atoms with E-state index < -0.39 is 17.8 Å². The predicted octanol–water partition coefficient (Wildman–Crippen LogP) is 1.26. The Morgan fingerprint density at radius 2 is 1.72 bits per heavy atom. The van der Waals surface area contributed by atoms with E-state index in [4.69, 9.17) is 21.7 Å². The van der Waals surface area contributed by atoms with Crippen LogP contribution in [-0.4, -0.2) is 50.4 Å². The van der Waals surface area contributed by atoms with Crippen LogP contribution in [0.5, 0.6) is 0 Å². The molecular formula is C16H20N2O6S. The van der Waals surface area contributed by atoms with Crippen molar-refractivity contribution >= 4 is 40.9 Å². The minimum Gasteiger partial charge on any atom is -0.465 e. The molecule has 1 rings (SSSR count). The number of carbonyl (C=O) groups is 3. The lowest BCUT2D eigenvalue weighted by molar-refractivity contribution is -0.146. The molecule has 0 atom stereocenters. The summed E-state index contributed by atoms with van der Waals surface area (Å²) in [5, 5.41) is 5.34. The molecule has 0 heterocycles. The average molecular weight is 368 g/mol. The van der Waals surface area contributed by atoms with E-state index in [2.05, 4.69) is 15.4 Å². The molecule has 0 spiro atoms. The minimum absolute atomic E-state index is 0.0467. The fraction of sp³-hybridized carbons (Fsp3) is 0.375. The zero-order chi connectivity index (χ0) is 18.7. The van der Waals surface area contributed by atoms with E-state index in [9.17, 15) is 14.4 Å². The van der Waals surface area contributed by atoms with Crippen LogP contribution >= 0.6 is 12.2 Å². The number of esters is 2. The summed E-state index contributed by atoms with van der Waals surface area (Å²) in [6.07, 6.45) is -0.0963. The van der Waals surface area contributed by atoms with E-state index in [0.29, 0.717) is 17.9 Å². The summed E-state index contributed by atoms with van der Waals surface area (Å²) in [6, 6.07) is 6.37. The van der Waals surface area contributed by atoms with E-state index in [-0.39, 0.29) is 24.6 Å². The molecular weight excluding hydrogens is 348 g/mol. The number of hydrogen-bond donors (Lipinski definition) is 2. The summed E-state index contributed by atoms with van der Waals surface area (Å²) in [6.45, 7) is 0.458. The molecule has 0 aliphatic rings. The van der Waals surface area contributed by atoms with Crippen molar-refractivity contribution in [2.45, 2.75) is 12.8 Å². The zero-order valence-corrected chi connectivity index (χ0v) is 14.8. The molecule has 1 amide bonds. The first kappa shape index (κ1) is 20.5. The predicted molar refractivity (Wildman–Crippen MR) is 94.2 cm³/mol. The number of methoxy groups -OCH3 is 2. The number of thiocarbonyl (C=S) groups is 1. The Labute approximate surface area is 150 Å². The molecule has 8 nitrogen and oxygen atoms in total. The Morgan fingerprint density at radius 1 is 1.04 bits per heavy atom. The van der Waals surface area contributed by atoms with Gasteiger partial charge in [-0.25, -0.2) is 4.79 Å². The van der Waals surface area contributed by atoms with Gasteiger partial charge in [-0.15, -0.1) is 0 Å². The van der Waals surface area contributed by atoms with E-state index >= 15 is 0 Å². The Hall–Kier alpha value is -2.52. The highest BCUT2D eigenvalue weighted by Crippen LogP contribution is 2.10. The van der Waals surface area contributed by atoms with Gasteiger partial charge in [0.15, 0.2) is 5.11 Å². The number of amides is 1. The largest absolute Gasteiger partial charge is 0.465 e. The third kappa shape index (κ3) is 8.23. The van der Waals surface area contributed by atoms with Gasteiger partial charge in [-0.1, -0.05) is 0 Å². The average Bonchev–Trinajstić information content (AvgIpc) is 2.60. The van der Waals surface area contributed by atoms with Crippen LogP contribution in [0.25, 0.3) is 0 Å². The standard InChI is InChI=1S/C16H20N2O6S/c1-22-9-10-24-14(20)8-7-13(19)18-16(25)17-12-5-3-11(4-6-12)15(21)23-2/h3-6H,7-10H2,1-2H3,(H2,17,18,19,25). The van der Waals surface area contributed by atoms with Crippen LogP contribution in [-0.2, 0) is 23.8 Å². The maximum absolute atomic E-state index is 11.7. The SMILES string of the molecule is COCCOC(=O)CCC(=O)NC(=S)Nc1ccc(C(=O)OC)cc1. The summed E-state index contributed by atoms with van der Waals surface area (Å²) < 4.78 is 14.2. The van der Waals surface area contributed by atoms with Crippen LogP contribution in [0.15, 0.2) is 24.3 Å². The third-order valence-electron chi connectivity index (χ3n) is 2.92. The van der Waals surface area contributed by atoms with Crippen molar-refractivity contribution in [3.05, 3.63) is 29.8 Å². The van der Waals surface area contributed by atoms with Crippen LogP contribution in [0, 0.1) is 0 Å². The second kappa shape index (κ2) is 11.1. The molecule has 0 aliphatic heterocycles. The maximum Gasteiger partial charge on any atom is 0.337 e. The minimum atomic E-state index is -0.482. The van der Waals surface area contributed by atoms with Gasteiger partial charge in [0.05, 0.1) is 25.7 Å². The molecule has 1 aromatic carbocycles. The lowest BCUT2D eigenvalue weighted by Gasteiger charge is -2.10. The van der Waals surface area contributed by atoms with Gasteiger partial charge in [-0.05, 0) is 36.5 Å². The van der Waals surface area contributed by atoms with E-state index in [1.54, 1.807) is 24.3 Å². The van der Waals surface area contributed by atoms with Gasteiger partial charge in [0.1, 0.15) is 6.61 Å². The first-order chi connectivity index (χ1) is 12.0. The van der Waals surface area contributed by atoms with Gasteiger partial charge in [-0.2, -0.15) is 0 Å². The summed E-state index contributed by atoms with van der Waals surface area (Å²) in [5.41, 5.74) is 0.993. The molecule has 0 saturated carbocycles. The van der Waals surface area contributed by atoms with Crippen LogP contribution in [0.4, 0.5) is 5.69 Å². The number of carbonyl (C=O) groups excluding carboxylic acids is 3. The normalized spacial score (nSPS) is 9.84. The monoisotopic (exact) mass is 368 g/mol. The van der Waals surface area contributed by atoms with Crippen molar-refractivity contribution in [3.8, 4) is 0 Å². The summed E-state index contributed by atoms with van der Waals surface area (Å²) >= 11 is 5.02. The number of rotatable bonds is 8. The fourth-order valence-electron chi connectivity index (χ4n) is 1.69. The molecule has 0 fully saturated rings. The van der Waals surface area contributed by atoms with Gasteiger partial charge in [0.2, 0.25) is 5.91 Å². The third-order valence-corrected chi connectivity index (χ3v) is 3.13. The molecule has 0 bridgehead atoms. The smallest absolute Gasteiger partial charge is 0.337 e. The van der Waals surface area contributed by atoms with Gasteiger partial charge in [-0.3, -0.25) is 9.59 Å². The molecule has 0 unspecified atom stereocenters. The fourth-order valence-corrected chi connectivity index (χ4v) is 1.92. The summed E-state index contributed by atoms with van der Waals surface area (Å²) in [7, 11) is 2.80. The molecule has 0 saturated heterocycles. The Morgan fingerprint density at radius 3 is 2.32 bits per heavy atom. The quantitative estimate of drug-likeness (QED) is 0.402. The van der Waals surface area contributed by atoms with Crippen LogP contribution in [0.2, 0.25) is 0 Å². The van der Waals surface area contributed by atoms with Gasteiger partial charge in [0.25, 0.3) is 0 Å². The van der Waals surface area contributed by atoms with Crippen LogP contribution in [0.3, 0.4) is 0 Å². The Bertz CT molecular complexity index is 618. The lowest BCUT2D eigenvalue weighted by Crippen LogP contribution is -2.34. The summed E-state index contributed by atoms with van der Waals surface area (Å²) in [5.74, 6) is -1.34. The van der Waals surface area contributed by atoms with Crippen molar-refractivity contribution in [1.82, 2.24) is 5.32 Å². The highest BCUT2D eigenvalue weighted by molar-refractivity contribution is 7.80. The molecule has 9 heteroatoms. The Kier molecular flexibility index (Phi) is 9.12. The maximum atomic E-state index is 11.7. The molecule has 0 radical (unpaired) electrons. The van der Waals surface area contributed by atoms with Gasteiger partial charge >= 0.3 is 11.9 Å². The van der Waals surface area contributed by atoms with E-state index in [0.717, 1.165) is 0 Å². The van der Waals surface area contributed by atoms with E-state index in [1.807, 2.05) is 0 Å². The van der Waals surface area contributed by atoms with Crippen molar-refractivity contribution in [2.75, 3.05) is 32.8 Å². The topological polar surface area (TPSA) is 103 Å². The summed E-state index contributed by atoms with van der Waals surface area (Å²) in [4.78, 5) is 34.4. The molecule has 136 valence electrons. The van der Waals surface area contributed by atoms with Gasteiger partial charge in [0, 0.05) is 19.2 Å². The number of nitrogens with one attached hydrogen (secondary N) is 2. The lowest BCUT2D eigenvalue weighted by atomic mass is 10.2. The second-order valence-electron chi connectivity index (χ2n) is 4.78. The highest BCUT2D eigenvalue weighted by Gasteiger charge is 2.10. The molecule has 1 aromatic rings. The Balaban J connectivity index is 2.34. The molecule has 0 aliphatic carbocycles. The van der Waals surface area contributed by atoms with E-state index in [1.165, 1.54) is 14.2 Å². The van der Waals surface area contributed by atoms with Crippen molar-refractivity contribution in [2.24, 2.45) is 0 Å². The van der Waals surface area contributed by atoms with Crippen molar-refractivity contribution in [3.63, 3.8) is 0 Å². The van der Waals surface area contributed by atoms with Crippen molar-refractivity contribution in [1.29, 1.82) is 0 Å². The van der Waals surface area contributed by atoms with Crippen molar-refractivity contribution < 1.29 is 28.6 Å².